The molecule has 0 fully saturated rings. The van der Waals surface area contributed by atoms with Crippen molar-refractivity contribution in [1.29, 1.82) is 0 Å². The van der Waals surface area contributed by atoms with E-state index in [-0.39, 0.29) is 18.2 Å². The molecule has 1 aromatic rings. The van der Waals surface area contributed by atoms with Crippen LogP contribution < -0.4 is 10.6 Å². The fourth-order valence-corrected chi connectivity index (χ4v) is 1.42. The minimum atomic E-state index is -0.324. The maximum absolute atomic E-state index is 11.5. The molecule has 0 radical (unpaired) electrons. The van der Waals surface area contributed by atoms with Gasteiger partial charge in [-0.3, -0.25) is 9.59 Å². The highest BCUT2D eigenvalue weighted by atomic mass is 16.1. The van der Waals surface area contributed by atoms with E-state index in [0.29, 0.717) is 16.1 Å². The van der Waals surface area contributed by atoms with Crippen LogP contribution in [0.5, 0.6) is 0 Å². The largest absolute Gasteiger partial charge is 0.294 e. The van der Waals surface area contributed by atoms with Crippen LogP contribution in [-0.4, -0.2) is 18.2 Å². The zero-order valence-corrected chi connectivity index (χ0v) is 8.12. The van der Waals surface area contributed by atoms with Gasteiger partial charge in [-0.25, -0.2) is 4.99 Å². The SMILES string of the molecule is [N-]=[N+]=NCC(=O)c1ccc2c(c1)=CC(=O)N=2. The molecule has 1 heterocycles. The van der Waals surface area contributed by atoms with Gasteiger partial charge in [0.25, 0.3) is 5.91 Å². The molecule has 6 heteroatoms. The van der Waals surface area contributed by atoms with Gasteiger partial charge in [-0.15, -0.1) is 0 Å². The highest BCUT2D eigenvalue weighted by Crippen LogP contribution is 1.97. The Morgan fingerprint density at radius 3 is 3.06 bits per heavy atom. The van der Waals surface area contributed by atoms with Crippen molar-refractivity contribution >= 4 is 17.8 Å². The Morgan fingerprint density at radius 2 is 2.31 bits per heavy atom. The zero-order valence-electron chi connectivity index (χ0n) is 8.12. The normalized spacial score (nSPS) is 12.1. The Morgan fingerprint density at radius 1 is 1.50 bits per heavy atom. The van der Waals surface area contributed by atoms with Gasteiger partial charge >= 0.3 is 0 Å². The van der Waals surface area contributed by atoms with E-state index in [1.54, 1.807) is 18.2 Å². The van der Waals surface area contributed by atoms with E-state index >= 15 is 0 Å². The molecule has 0 saturated carbocycles. The van der Waals surface area contributed by atoms with Gasteiger partial charge in [0.15, 0.2) is 5.78 Å². The number of amides is 1. The number of fused-ring (bicyclic) bond motifs is 1. The lowest BCUT2D eigenvalue weighted by Gasteiger charge is -1.95. The number of ketones is 1. The molecule has 16 heavy (non-hydrogen) atoms. The van der Waals surface area contributed by atoms with Crippen LogP contribution in [0.25, 0.3) is 16.5 Å². The molecule has 0 bridgehead atoms. The van der Waals surface area contributed by atoms with Gasteiger partial charge in [0.2, 0.25) is 0 Å². The average molecular weight is 214 g/mol. The Bertz CT molecular complexity index is 641. The summed E-state index contributed by atoms with van der Waals surface area (Å²) in [6.45, 7) is -0.222. The third-order valence-electron chi connectivity index (χ3n) is 2.14. The van der Waals surface area contributed by atoms with Crippen molar-refractivity contribution in [2.45, 2.75) is 0 Å². The quantitative estimate of drug-likeness (QED) is 0.309. The summed E-state index contributed by atoms with van der Waals surface area (Å²) in [6.07, 6.45) is 1.36. The number of carbonyl (C=O) groups excluding carboxylic acids is 2. The van der Waals surface area contributed by atoms with E-state index in [0.717, 1.165) is 0 Å². The molecule has 0 spiro atoms. The van der Waals surface area contributed by atoms with Crippen LogP contribution in [0.1, 0.15) is 10.4 Å². The zero-order chi connectivity index (χ0) is 11.5. The number of hydrogen-bond acceptors (Lipinski definition) is 3. The van der Waals surface area contributed by atoms with Gasteiger partial charge in [0, 0.05) is 21.8 Å². The van der Waals surface area contributed by atoms with Gasteiger partial charge in [0.05, 0.1) is 11.9 Å². The van der Waals surface area contributed by atoms with Crippen LogP contribution in [0.3, 0.4) is 0 Å². The average Bonchev–Trinajstić information content (AvgIpc) is 2.64. The second kappa shape index (κ2) is 3.96. The number of carbonyl (C=O) groups is 2. The number of benzene rings is 1. The summed E-state index contributed by atoms with van der Waals surface area (Å²) < 4.78 is 0. The minimum Gasteiger partial charge on any atom is -0.294 e. The minimum absolute atomic E-state index is 0.222. The molecule has 2 rings (SSSR count). The molecule has 78 valence electrons. The van der Waals surface area contributed by atoms with Crippen LogP contribution in [0.4, 0.5) is 0 Å². The number of rotatable bonds is 3. The molecule has 0 atom stereocenters. The number of nitrogens with zero attached hydrogens (tertiary/aromatic N) is 4. The number of hydrogen-bond donors (Lipinski definition) is 0. The first-order valence-corrected chi connectivity index (χ1v) is 4.49. The molecule has 0 saturated heterocycles. The second-order valence-corrected chi connectivity index (χ2v) is 3.18. The van der Waals surface area contributed by atoms with Crippen molar-refractivity contribution in [3.05, 3.63) is 44.8 Å². The van der Waals surface area contributed by atoms with Crippen molar-refractivity contribution in [1.82, 2.24) is 0 Å². The van der Waals surface area contributed by atoms with E-state index in [2.05, 4.69) is 15.0 Å². The second-order valence-electron chi connectivity index (χ2n) is 3.18. The molecular weight excluding hydrogens is 208 g/mol. The topological polar surface area (TPSA) is 95.3 Å². The van der Waals surface area contributed by atoms with Gasteiger partial charge in [0.1, 0.15) is 0 Å². The Balaban J connectivity index is 2.41. The molecule has 0 aromatic heterocycles. The monoisotopic (exact) mass is 214 g/mol. The fraction of sp³-hybridized carbons (Fsp3) is 0.100. The molecular formula is C10H6N4O2. The van der Waals surface area contributed by atoms with E-state index in [1.807, 2.05) is 0 Å². The summed E-state index contributed by atoms with van der Waals surface area (Å²) in [7, 11) is 0. The van der Waals surface area contributed by atoms with Crippen LogP contribution in [0.15, 0.2) is 28.3 Å². The third-order valence-corrected chi connectivity index (χ3v) is 2.14. The van der Waals surface area contributed by atoms with Crippen molar-refractivity contribution in [3.63, 3.8) is 0 Å². The summed E-state index contributed by atoms with van der Waals surface area (Å²) in [6, 6.07) is 4.73. The molecule has 1 aromatic carbocycles. The van der Waals surface area contributed by atoms with Crippen LogP contribution in [0, 0.1) is 0 Å². The van der Waals surface area contributed by atoms with Crippen molar-refractivity contribution < 1.29 is 9.59 Å². The molecule has 0 unspecified atom stereocenters. The van der Waals surface area contributed by atoms with E-state index in [9.17, 15) is 9.59 Å². The first-order chi connectivity index (χ1) is 7.70. The highest BCUT2D eigenvalue weighted by Gasteiger charge is 2.08. The maximum Gasteiger partial charge on any atom is 0.270 e. The molecule has 6 nitrogen and oxygen atoms in total. The van der Waals surface area contributed by atoms with Crippen LogP contribution in [-0.2, 0) is 4.79 Å². The lowest BCUT2D eigenvalue weighted by molar-refractivity contribution is -0.112. The molecule has 1 amide bonds. The number of azide groups is 1. The van der Waals surface area contributed by atoms with E-state index in [4.69, 9.17) is 5.53 Å². The van der Waals surface area contributed by atoms with Gasteiger partial charge < -0.3 is 0 Å². The standard InChI is InChI=1S/C10H6N4O2/c11-14-12-5-9(15)6-1-2-8-7(3-6)4-10(16)13-8/h1-4H,5H2. The van der Waals surface area contributed by atoms with Crippen LogP contribution in [0.2, 0.25) is 0 Å². The first-order valence-electron chi connectivity index (χ1n) is 4.49. The Kier molecular flexibility index (Phi) is 2.49. The van der Waals surface area contributed by atoms with Gasteiger partial charge in [-0.1, -0.05) is 5.11 Å². The summed E-state index contributed by atoms with van der Waals surface area (Å²) in [4.78, 5) is 28.7. The maximum atomic E-state index is 11.5. The van der Waals surface area contributed by atoms with Gasteiger partial charge in [-0.05, 0) is 23.7 Å². The molecule has 1 aliphatic heterocycles. The smallest absolute Gasteiger partial charge is 0.270 e. The third kappa shape index (κ3) is 1.82. The van der Waals surface area contributed by atoms with Crippen LogP contribution >= 0.6 is 0 Å². The highest BCUT2D eigenvalue weighted by molar-refractivity contribution is 6.06. The van der Waals surface area contributed by atoms with Gasteiger partial charge in [-0.2, -0.15) is 0 Å². The van der Waals surface area contributed by atoms with E-state index < -0.39 is 0 Å². The van der Waals surface area contributed by atoms with Crippen molar-refractivity contribution in [2.75, 3.05) is 6.54 Å². The predicted octanol–water partition coefficient (Wildman–Crippen LogP) is 0.120. The Hall–Kier alpha value is -2.46. The summed E-state index contributed by atoms with van der Waals surface area (Å²) in [5.74, 6) is -0.608. The lowest BCUT2D eigenvalue weighted by Crippen LogP contribution is -2.22. The summed E-state index contributed by atoms with van der Waals surface area (Å²) in [5.41, 5.74) is 8.50. The summed E-state index contributed by atoms with van der Waals surface area (Å²) >= 11 is 0. The predicted molar refractivity (Wildman–Crippen MR) is 55.0 cm³/mol. The van der Waals surface area contributed by atoms with E-state index in [1.165, 1.54) is 6.08 Å². The fourth-order valence-electron chi connectivity index (χ4n) is 1.42. The van der Waals surface area contributed by atoms with Crippen molar-refractivity contribution in [2.24, 2.45) is 10.1 Å². The molecule has 0 N–H and O–H groups in total. The lowest BCUT2D eigenvalue weighted by atomic mass is 10.1. The summed E-state index contributed by atoms with van der Waals surface area (Å²) in [5, 5.41) is 4.37. The molecule has 1 aliphatic rings. The number of Topliss-reactive ketones (excluding diaryl/α,β-unsaturated/α-hetero) is 1. The van der Waals surface area contributed by atoms with Crippen molar-refractivity contribution in [3.8, 4) is 0 Å². The Labute approximate surface area is 89.5 Å². The molecule has 0 aliphatic carbocycles. The first kappa shape index (κ1) is 10.1.